The fraction of sp³-hybridized carbons (Fsp3) is 0.625. The number of methoxy groups -OCH3 is 1. The average molecular weight is 326 g/mol. The maximum absolute atomic E-state index is 5.26. The molecule has 1 aromatic rings. The van der Waals surface area contributed by atoms with Crippen molar-refractivity contribution in [1.82, 2.24) is 0 Å². The Morgan fingerprint density at radius 1 is 1.26 bits per heavy atom. The lowest BCUT2D eigenvalue weighted by atomic mass is 9.98. The lowest BCUT2D eigenvalue weighted by Gasteiger charge is -2.18. The third-order valence-corrected chi connectivity index (χ3v) is 4.81. The van der Waals surface area contributed by atoms with Gasteiger partial charge in [0.05, 0.1) is 11.6 Å². The van der Waals surface area contributed by atoms with Crippen molar-refractivity contribution in [3.05, 3.63) is 22.7 Å². The van der Waals surface area contributed by atoms with E-state index in [1.165, 1.54) is 44.2 Å². The van der Waals surface area contributed by atoms with E-state index in [2.05, 4.69) is 40.3 Å². The van der Waals surface area contributed by atoms with Gasteiger partial charge in [0, 0.05) is 11.7 Å². The molecule has 1 fully saturated rings. The van der Waals surface area contributed by atoms with Gasteiger partial charge in [-0.05, 0) is 59.3 Å². The molecule has 2 unspecified atom stereocenters. The van der Waals surface area contributed by atoms with Gasteiger partial charge < -0.3 is 10.1 Å². The molecule has 0 amide bonds. The number of ether oxygens (including phenoxy) is 1. The Morgan fingerprint density at radius 2 is 2.11 bits per heavy atom. The first-order valence-corrected chi connectivity index (χ1v) is 8.12. The standard InChI is InChI=1S/C16H24BrNO/c1-3-12-5-4-6-13(8-7-12)18-14-9-10-16(19-2)15(17)11-14/h9-13,18H,3-8H2,1-2H3. The number of halogens is 1. The van der Waals surface area contributed by atoms with Crippen LogP contribution in [-0.4, -0.2) is 13.2 Å². The van der Waals surface area contributed by atoms with Gasteiger partial charge in [0.2, 0.25) is 0 Å². The van der Waals surface area contributed by atoms with Crippen molar-refractivity contribution in [2.75, 3.05) is 12.4 Å². The quantitative estimate of drug-likeness (QED) is 0.765. The molecule has 106 valence electrons. The van der Waals surface area contributed by atoms with Gasteiger partial charge >= 0.3 is 0 Å². The number of rotatable bonds is 4. The number of hydrogen-bond acceptors (Lipinski definition) is 2. The van der Waals surface area contributed by atoms with Crippen LogP contribution in [0.1, 0.15) is 45.4 Å². The van der Waals surface area contributed by atoms with Crippen molar-refractivity contribution in [2.45, 2.75) is 51.5 Å². The molecule has 2 atom stereocenters. The van der Waals surface area contributed by atoms with Crippen molar-refractivity contribution in [3.8, 4) is 5.75 Å². The van der Waals surface area contributed by atoms with E-state index < -0.39 is 0 Å². The second kappa shape index (κ2) is 7.18. The zero-order valence-electron chi connectivity index (χ0n) is 11.9. The van der Waals surface area contributed by atoms with E-state index in [-0.39, 0.29) is 0 Å². The molecule has 0 radical (unpaired) electrons. The predicted octanol–water partition coefficient (Wildman–Crippen LogP) is 5.23. The summed E-state index contributed by atoms with van der Waals surface area (Å²) in [5, 5.41) is 3.67. The highest BCUT2D eigenvalue weighted by molar-refractivity contribution is 9.10. The fourth-order valence-electron chi connectivity index (χ4n) is 2.92. The molecule has 0 saturated heterocycles. The topological polar surface area (TPSA) is 21.3 Å². The molecule has 1 saturated carbocycles. The van der Waals surface area contributed by atoms with Crippen LogP contribution < -0.4 is 10.1 Å². The van der Waals surface area contributed by atoms with Crippen LogP contribution in [0.15, 0.2) is 22.7 Å². The summed E-state index contributed by atoms with van der Waals surface area (Å²) in [5.74, 6) is 1.83. The highest BCUT2D eigenvalue weighted by Crippen LogP contribution is 2.30. The van der Waals surface area contributed by atoms with Crippen LogP contribution in [0.5, 0.6) is 5.75 Å². The maximum atomic E-state index is 5.26. The second-order valence-corrected chi connectivity index (χ2v) is 6.33. The van der Waals surface area contributed by atoms with Crippen molar-refractivity contribution >= 4 is 21.6 Å². The number of anilines is 1. The van der Waals surface area contributed by atoms with Crippen molar-refractivity contribution in [1.29, 1.82) is 0 Å². The Kier molecular flexibility index (Phi) is 5.56. The van der Waals surface area contributed by atoms with Gasteiger partial charge in [-0.2, -0.15) is 0 Å². The van der Waals surface area contributed by atoms with Gasteiger partial charge in [-0.15, -0.1) is 0 Å². The van der Waals surface area contributed by atoms with Crippen molar-refractivity contribution in [2.24, 2.45) is 5.92 Å². The van der Waals surface area contributed by atoms with E-state index in [9.17, 15) is 0 Å². The number of nitrogens with one attached hydrogen (secondary N) is 1. The minimum absolute atomic E-state index is 0.622. The van der Waals surface area contributed by atoms with Crippen LogP contribution >= 0.6 is 15.9 Å². The molecule has 2 rings (SSSR count). The Balaban J connectivity index is 1.95. The molecule has 3 heteroatoms. The third-order valence-electron chi connectivity index (χ3n) is 4.19. The summed E-state index contributed by atoms with van der Waals surface area (Å²) < 4.78 is 6.28. The Hall–Kier alpha value is -0.700. The largest absolute Gasteiger partial charge is 0.496 e. The molecular formula is C16H24BrNO. The van der Waals surface area contributed by atoms with E-state index >= 15 is 0 Å². The fourth-order valence-corrected chi connectivity index (χ4v) is 3.46. The number of benzene rings is 1. The van der Waals surface area contributed by atoms with Gasteiger partial charge in [-0.1, -0.05) is 26.2 Å². The van der Waals surface area contributed by atoms with E-state index in [4.69, 9.17) is 4.74 Å². The lowest BCUT2D eigenvalue weighted by molar-refractivity contribution is 0.412. The first-order valence-electron chi connectivity index (χ1n) is 7.33. The molecule has 0 aromatic heterocycles. The van der Waals surface area contributed by atoms with E-state index in [1.54, 1.807) is 7.11 Å². The van der Waals surface area contributed by atoms with Gasteiger partial charge in [0.15, 0.2) is 0 Å². The summed E-state index contributed by atoms with van der Waals surface area (Å²) in [7, 11) is 1.70. The smallest absolute Gasteiger partial charge is 0.133 e. The molecule has 0 spiro atoms. The molecule has 19 heavy (non-hydrogen) atoms. The molecule has 1 N–H and O–H groups in total. The molecule has 1 aliphatic carbocycles. The zero-order valence-corrected chi connectivity index (χ0v) is 13.5. The SMILES string of the molecule is CCC1CCCC(Nc2ccc(OC)c(Br)c2)CC1. The van der Waals surface area contributed by atoms with Crippen molar-refractivity contribution in [3.63, 3.8) is 0 Å². The van der Waals surface area contributed by atoms with E-state index in [0.29, 0.717) is 6.04 Å². The summed E-state index contributed by atoms with van der Waals surface area (Å²) >= 11 is 3.54. The summed E-state index contributed by atoms with van der Waals surface area (Å²) in [4.78, 5) is 0. The molecule has 1 aliphatic rings. The highest BCUT2D eigenvalue weighted by Gasteiger charge is 2.17. The monoisotopic (exact) mass is 325 g/mol. The van der Waals surface area contributed by atoms with Gasteiger partial charge in [-0.3, -0.25) is 0 Å². The Labute approximate surface area is 125 Å². The first kappa shape index (κ1) is 14.7. The molecule has 0 bridgehead atoms. The molecule has 1 aromatic carbocycles. The Morgan fingerprint density at radius 3 is 2.79 bits per heavy atom. The van der Waals surface area contributed by atoms with E-state index in [0.717, 1.165) is 16.1 Å². The van der Waals surface area contributed by atoms with Crippen LogP contribution in [0.25, 0.3) is 0 Å². The number of hydrogen-bond donors (Lipinski definition) is 1. The molecule has 2 nitrogen and oxygen atoms in total. The maximum Gasteiger partial charge on any atom is 0.133 e. The van der Waals surface area contributed by atoms with Gasteiger partial charge in [0.25, 0.3) is 0 Å². The van der Waals surface area contributed by atoms with Crippen LogP contribution in [0, 0.1) is 5.92 Å². The van der Waals surface area contributed by atoms with Crippen LogP contribution in [-0.2, 0) is 0 Å². The average Bonchev–Trinajstić information content (AvgIpc) is 2.64. The predicted molar refractivity (Wildman–Crippen MR) is 85.0 cm³/mol. The minimum atomic E-state index is 0.622. The van der Waals surface area contributed by atoms with Crippen LogP contribution in [0.4, 0.5) is 5.69 Å². The van der Waals surface area contributed by atoms with Gasteiger partial charge in [0.1, 0.15) is 5.75 Å². The summed E-state index contributed by atoms with van der Waals surface area (Å²) in [6.45, 7) is 2.32. The molecule has 0 heterocycles. The molecule has 0 aliphatic heterocycles. The van der Waals surface area contributed by atoms with Gasteiger partial charge in [-0.25, -0.2) is 0 Å². The summed E-state index contributed by atoms with van der Waals surface area (Å²) in [6, 6.07) is 6.85. The van der Waals surface area contributed by atoms with E-state index in [1.807, 2.05) is 6.07 Å². The van der Waals surface area contributed by atoms with Crippen LogP contribution in [0.2, 0.25) is 0 Å². The summed E-state index contributed by atoms with van der Waals surface area (Å²) in [5.41, 5.74) is 1.19. The normalized spacial score (nSPS) is 23.7. The highest BCUT2D eigenvalue weighted by atomic mass is 79.9. The van der Waals surface area contributed by atoms with Crippen LogP contribution in [0.3, 0.4) is 0 Å². The first-order chi connectivity index (χ1) is 9.22. The molecular weight excluding hydrogens is 302 g/mol. The second-order valence-electron chi connectivity index (χ2n) is 5.47. The van der Waals surface area contributed by atoms with Crippen molar-refractivity contribution < 1.29 is 4.74 Å². The minimum Gasteiger partial charge on any atom is -0.496 e. The Bertz CT molecular complexity index is 408. The summed E-state index contributed by atoms with van der Waals surface area (Å²) in [6.07, 6.45) is 8.04. The lowest BCUT2D eigenvalue weighted by Crippen LogP contribution is -2.18. The zero-order chi connectivity index (χ0) is 13.7. The third kappa shape index (κ3) is 4.13.